The van der Waals surface area contributed by atoms with Crippen molar-refractivity contribution in [1.82, 2.24) is 4.57 Å². The smallest absolute Gasteiger partial charge is 0.245 e. The lowest BCUT2D eigenvalue weighted by Crippen LogP contribution is -2.42. The first-order valence-electron chi connectivity index (χ1n) is 5.39. The Balaban J connectivity index is 2.37. The third-order valence-corrected chi connectivity index (χ3v) is 3.43. The van der Waals surface area contributed by atoms with Gasteiger partial charge in [0, 0.05) is 30.2 Å². The molecule has 3 rings (SSSR count). The minimum atomic E-state index is -0.512. The minimum absolute atomic E-state index is 0.0859. The average molecular weight is 250 g/mol. The van der Waals surface area contributed by atoms with Gasteiger partial charge in [-0.1, -0.05) is 11.6 Å². The van der Waals surface area contributed by atoms with Gasteiger partial charge in [-0.05, 0) is 18.2 Å². The number of nitrogens with zero attached hydrogens (tertiary/aromatic N) is 2. The molecule has 1 aromatic heterocycles. The monoisotopic (exact) mass is 249 g/mol. The predicted molar refractivity (Wildman–Crippen MR) is 68.3 cm³/mol. The Morgan fingerprint density at radius 3 is 3.00 bits per heavy atom. The van der Waals surface area contributed by atoms with E-state index < -0.39 is 6.04 Å². The van der Waals surface area contributed by atoms with Crippen molar-refractivity contribution < 1.29 is 4.79 Å². The Morgan fingerprint density at radius 1 is 1.47 bits per heavy atom. The zero-order chi connectivity index (χ0) is 12.2. The fraction of sp³-hybridized carbons (Fsp3) is 0.250. The first-order chi connectivity index (χ1) is 8.08. The highest BCUT2D eigenvalue weighted by atomic mass is 35.5. The van der Waals surface area contributed by atoms with Crippen LogP contribution in [-0.4, -0.2) is 23.6 Å². The van der Waals surface area contributed by atoms with Gasteiger partial charge >= 0.3 is 0 Å². The summed E-state index contributed by atoms with van der Waals surface area (Å²) in [4.78, 5) is 13.6. The van der Waals surface area contributed by atoms with Crippen LogP contribution in [0.25, 0.3) is 10.9 Å². The average Bonchev–Trinajstić information content (AvgIpc) is 2.65. The zero-order valence-corrected chi connectivity index (χ0v) is 10.1. The van der Waals surface area contributed by atoms with Crippen LogP contribution in [-0.2, 0) is 11.3 Å². The number of carbonyl (C=O) groups is 1. The molecule has 0 fully saturated rings. The molecule has 1 aliphatic rings. The van der Waals surface area contributed by atoms with Gasteiger partial charge in [0.1, 0.15) is 6.04 Å². The summed E-state index contributed by atoms with van der Waals surface area (Å²) in [5, 5.41) is 1.65. The highest BCUT2D eigenvalue weighted by molar-refractivity contribution is 6.32. The minimum Gasteiger partial charge on any atom is -0.344 e. The van der Waals surface area contributed by atoms with Crippen molar-refractivity contribution in [2.24, 2.45) is 5.73 Å². The summed E-state index contributed by atoms with van der Waals surface area (Å²) in [6.45, 7) is 0.501. The summed E-state index contributed by atoms with van der Waals surface area (Å²) in [6, 6.07) is 5.17. The van der Waals surface area contributed by atoms with E-state index in [0.717, 1.165) is 16.6 Å². The van der Waals surface area contributed by atoms with Crippen LogP contribution in [0.1, 0.15) is 0 Å². The number of rotatable bonds is 0. The Bertz CT molecular complexity index is 619. The largest absolute Gasteiger partial charge is 0.344 e. The van der Waals surface area contributed by atoms with Crippen molar-refractivity contribution in [3.8, 4) is 0 Å². The molecular weight excluding hydrogens is 238 g/mol. The van der Waals surface area contributed by atoms with Crippen LogP contribution in [0.2, 0.25) is 5.02 Å². The van der Waals surface area contributed by atoms with Gasteiger partial charge in [0.05, 0.1) is 11.2 Å². The van der Waals surface area contributed by atoms with Crippen LogP contribution >= 0.6 is 11.6 Å². The van der Waals surface area contributed by atoms with E-state index >= 15 is 0 Å². The van der Waals surface area contributed by atoms with Gasteiger partial charge in [-0.15, -0.1) is 0 Å². The molecule has 1 aromatic carbocycles. The maximum absolute atomic E-state index is 12.0. The molecule has 0 spiro atoms. The fourth-order valence-corrected chi connectivity index (χ4v) is 2.58. The summed E-state index contributed by atoms with van der Waals surface area (Å²) in [6.07, 6.45) is 1.94. The van der Waals surface area contributed by atoms with Crippen molar-refractivity contribution in [2.45, 2.75) is 12.6 Å². The maximum atomic E-state index is 12.0. The van der Waals surface area contributed by atoms with E-state index in [-0.39, 0.29) is 5.91 Å². The SMILES string of the molecule is CN1C(=O)C(N)Cn2ccc3cc(Cl)cc1c32. The molecule has 5 heteroatoms. The molecule has 0 bridgehead atoms. The number of likely N-dealkylation sites (N-methyl/N-ethyl adjacent to an activating group) is 1. The number of aromatic nitrogens is 1. The molecule has 88 valence electrons. The van der Waals surface area contributed by atoms with E-state index in [9.17, 15) is 4.79 Å². The normalized spacial score (nSPS) is 19.8. The summed E-state index contributed by atoms with van der Waals surface area (Å²) in [5.41, 5.74) is 7.70. The molecule has 1 unspecified atom stereocenters. The standard InChI is InChI=1S/C12H12ClN3O/c1-15-10-5-8(13)4-7-2-3-16(11(7)10)6-9(14)12(15)17/h2-5,9H,6,14H2,1H3. The lowest BCUT2D eigenvalue weighted by Gasteiger charge is -2.18. The molecule has 17 heavy (non-hydrogen) atoms. The number of nitrogens with two attached hydrogens (primary N) is 1. The lowest BCUT2D eigenvalue weighted by atomic mass is 10.2. The molecule has 4 nitrogen and oxygen atoms in total. The second kappa shape index (κ2) is 3.48. The number of benzene rings is 1. The number of amides is 1. The van der Waals surface area contributed by atoms with Crippen molar-refractivity contribution in [3.63, 3.8) is 0 Å². The molecule has 2 aromatic rings. The highest BCUT2D eigenvalue weighted by Crippen LogP contribution is 2.33. The summed E-state index contributed by atoms with van der Waals surface area (Å²) >= 11 is 6.06. The van der Waals surface area contributed by atoms with Crippen LogP contribution < -0.4 is 10.6 Å². The van der Waals surface area contributed by atoms with Gasteiger partial charge < -0.3 is 15.2 Å². The second-order valence-corrected chi connectivity index (χ2v) is 4.77. The van der Waals surface area contributed by atoms with Crippen LogP contribution in [0, 0.1) is 0 Å². The van der Waals surface area contributed by atoms with Crippen molar-refractivity contribution in [2.75, 3.05) is 11.9 Å². The first kappa shape index (κ1) is 10.6. The number of hydrogen-bond donors (Lipinski definition) is 1. The Morgan fingerprint density at radius 2 is 2.24 bits per heavy atom. The number of halogens is 1. The summed E-state index contributed by atoms with van der Waals surface area (Å²) in [7, 11) is 1.73. The second-order valence-electron chi connectivity index (χ2n) is 4.33. The van der Waals surface area contributed by atoms with Gasteiger partial charge in [0.25, 0.3) is 0 Å². The molecule has 1 atom stereocenters. The van der Waals surface area contributed by atoms with Crippen molar-refractivity contribution in [1.29, 1.82) is 0 Å². The Kier molecular flexibility index (Phi) is 2.18. The highest BCUT2D eigenvalue weighted by Gasteiger charge is 2.26. The van der Waals surface area contributed by atoms with Crippen LogP contribution in [0.15, 0.2) is 24.4 Å². The third kappa shape index (κ3) is 1.45. The first-order valence-corrected chi connectivity index (χ1v) is 5.77. The van der Waals surface area contributed by atoms with Gasteiger partial charge in [-0.2, -0.15) is 0 Å². The van der Waals surface area contributed by atoms with Crippen LogP contribution in [0.4, 0.5) is 5.69 Å². The predicted octanol–water partition coefficient (Wildman–Crippen LogP) is 1.60. The molecule has 0 aliphatic carbocycles. The number of anilines is 1. The van der Waals surface area contributed by atoms with Gasteiger partial charge in [-0.25, -0.2) is 0 Å². The molecule has 2 heterocycles. The Hall–Kier alpha value is -1.52. The number of hydrogen-bond acceptors (Lipinski definition) is 2. The van der Waals surface area contributed by atoms with Gasteiger partial charge in [0.2, 0.25) is 5.91 Å². The van der Waals surface area contributed by atoms with Gasteiger partial charge in [0.15, 0.2) is 0 Å². The fourth-order valence-electron chi connectivity index (χ4n) is 2.36. The maximum Gasteiger partial charge on any atom is 0.245 e. The summed E-state index contributed by atoms with van der Waals surface area (Å²) < 4.78 is 2.01. The molecule has 0 saturated carbocycles. The lowest BCUT2D eigenvalue weighted by molar-refractivity contribution is -0.119. The van der Waals surface area contributed by atoms with E-state index in [1.54, 1.807) is 18.0 Å². The van der Waals surface area contributed by atoms with Crippen LogP contribution in [0.5, 0.6) is 0 Å². The van der Waals surface area contributed by atoms with E-state index in [1.807, 2.05) is 22.9 Å². The van der Waals surface area contributed by atoms with Gasteiger partial charge in [-0.3, -0.25) is 4.79 Å². The van der Waals surface area contributed by atoms with Crippen molar-refractivity contribution >= 4 is 34.1 Å². The van der Waals surface area contributed by atoms with E-state index in [0.29, 0.717) is 11.6 Å². The third-order valence-electron chi connectivity index (χ3n) is 3.21. The van der Waals surface area contributed by atoms with E-state index in [2.05, 4.69) is 0 Å². The molecule has 0 radical (unpaired) electrons. The van der Waals surface area contributed by atoms with E-state index in [1.165, 1.54) is 0 Å². The van der Waals surface area contributed by atoms with Crippen molar-refractivity contribution in [3.05, 3.63) is 29.4 Å². The quantitative estimate of drug-likeness (QED) is 0.771. The molecule has 2 N–H and O–H groups in total. The van der Waals surface area contributed by atoms with E-state index in [4.69, 9.17) is 17.3 Å². The zero-order valence-electron chi connectivity index (χ0n) is 9.35. The molecule has 1 amide bonds. The molecule has 1 aliphatic heterocycles. The summed E-state index contributed by atoms with van der Waals surface area (Å²) in [5.74, 6) is -0.0859. The topological polar surface area (TPSA) is 51.3 Å². The molecular formula is C12H12ClN3O. The number of carbonyl (C=O) groups excluding carboxylic acids is 1. The van der Waals surface area contributed by atoms with Crippen LogP contribution in [0.3, 0.4) is 0 Å². The Labute approximate surface area is 104 Å². The molecule has 0 saturated heterocycles.